The molecule has 5 heteroatoms. The first-order valence-electron chi connectivity index (χ1n) is 5.83. The average Bonchev–Trinajstić information content (AvgIpc) is 2.82. The Labute approximate surface area is 111 Å². The molecule has 3 nitrogen and oxygen atoms in total. The second-order valence-corrected chi connectivity index (χ2v) is 5.96. The zero-order valence-corrected chi connectivity index (χ0v) is 11.7. The topological polar surface area (TPSA) is 49.3 Å². The molecule has 1 rings (SSSR count). The molecule has 1 amide bonds. The largest absolute Gasteiger partial charge is 0.396 e. The zero-order chi connectivity index (χ0) is 12.5. The SMILES string of the molecule is CCc1ccc(C(=O)NCCSCCCO)s1. The van der Waals surface area contributed by atoms with Crippen molar-refractivity contribution in [1.29, 1.82) is 0 Å². The Bertz CT molecular complexity index is 339. The standard InChI is InChI=1S/C12H19NO2S2/c1-2-10-4-5-11(17-10)12(15)13-6-9-16-8-3-7-14/h4-5,14H,2-3,6-9H2,1H3,(H,13,15). The highest BCUT2D eigenvalue weighted by atomic mass is 32.2. The van der Waals surface area contributed by atoms with Gasteiger partial charge in [0.25, 0.3) is 5.91 Å². The van der Waals surface area contributed by atoms with Crippen LogP contribution in [0.2, 0.25) is 0 Å². The van der Waals surface area contributed by atoms with E-state index in [1.54, 1.807) is 23.1 Å². The van der Waals surface area contributed by atoms with Crippen LogP contribution in [0.1, 0.15) is 27.9 Å². The number of carbonyl (C=O) groups is 1. The van der Waals surface area contributed by atoms with Crippen molar-refractivity contribution >= 4 is 29.0 Å². The third-order valence-electron chi connectivity index (χ3n) is 2.21. The molecule has 96 valence electrons. The van der Waals surface area contributed by atoms with E-state index in [9.17, 15) is 4.79 Å². The molecule has 0 aliphatic heterocycles. The lowest BCUT2D eigenvalue weighted by Gasteiger charge is -2.03. The molecule has 0 radical (unpaired) electrons. The fourth-order valence-electron chi connectivity index (χ4n) is 1.28. The van der Waals surface area contributed by atoms with Crippen LogP contribution < -0.4 is 5.32 Å². The van der Waals surface area contributed by atoms with Crippen molar-refractivity contribution in [2.75, 3.05) is 24.7 Å². The van der Waals surface area contributed by atoms with Crippen LogP contribution in [0.4, 0.5) is 0 Å². The first-order chi connectivity index (χ1) is 8.27. The molecule has 17 heavy (non-hydrogen) atoms. The van der Waals surface area contributed by atoms with Gasteiger partial charge in [-0.25, -0.2) is 0 Å². The maximum atomic E-state index is 11.7. The molecule has 1 aromatic heterocycles. The first kappa shape index (κ1) is 14.5. The lowest BCUT2D eigenvalue weighted by atomic mass is 10.3. The predicted octanol–water partition coefficient (Wildman–Crippen LogP) is 2.16. The van der Waals surface area contributed by atoms with E-state index in [1.807, 2.05) is 12.1 Å². The van der Waals surface area contributed by atoms with E-state index in [2.05, 4.69) is 12.2 Å². The van der Waals surface area contributed by atoms with Crippen molar-refractivity contribution in [3.8, 4) is 0 Å². The minimum Gasteiger partial charge on any atom is -0.396 e. The summed E-state index contributed by atoms with van der Waals surface area (Å²) in [6, 6.07) is 3.90. The molecular formula is C12H19NO2S2. The van der Waals surface area contributed by atoms with Gasteiger partial charge in [-0.1, -0.05) is 6.92 Å². The fraction of sp³-hybridized carbons (Fsp3) is 0.583. The number of hydrogen-bond acceptors (Lipinski definition) is 4. The summed E-state index contributed by atoms with van der Waals surface area (Å²) < 4.78 is 0. The number of aryl methyl sites for hydroxylation is 1. The van der Waals surface area contributed by atoms with Crippen LogP contribution >= 0.6 is 23.1 Å². The van der Waals surface area contributed by atoms with Crippen molar-refractivity contribution in [1.82, 2.24) is 5.32 Å². The summed E-state index contributed by atoms with van der Waals surface area (Å²) in [6.45, 7) is 3.02. The minimum absolute atomic E-state index is 0.0254. The van der Waals surface area contributed by atoms with Crippen molar-refractivity contribution in [2.24, 2.45) is 0 Å². The summed E-state index contributed by atoms with van der Waals surface area (Å²) in [6.07, 6.45) is 1.80. The smallest absolute Gasteiger partial charge is 0.261 e. The van der Waals surface area contributed by atoms with Crippen LogP contribution in [0.25, 0.3) is 0 Å². The van der Waals surface area contributed by atoms with Crippen molar-refractivity contribution in [2.45, 2.75) is 19.8 Å². The Morgan fingerprint density at radius 2 is 2.29 bits per heavy atom. The van der Waals surface area contributed by atoms with Crippen LogP contribution in [0.3, 0.4) is 0 Å². The molecule has 0 aliphatic rings. The van der Waals surface area contributed by atoms with Gasteiger partial charge in [0, 0.05) is 23.8 Å². The molecule has 0 atom stereocenters. The Hall–Kier alpha value is -0.520. The summed E-state index contributed by atoms with van der Waals surface area (Å²) in [5.41, 5.74) is 0. The fourth-order valence-corrected chi connectivity index (χ4v) is 2.93. The number of aliphatic hydroxyl groups excluding tert-OH is 1. The van der Waals surface area contributed by atoms with Gasteiger partial charge in [0.1, 0.15) is 0 Å². The summed E-state index contributed by atoms with van der Waals surface area (Å²) >= 11 is 3.31. The van der Waals surface area contributed by atoms with Crippen LogP contribution in [-0.2, 0) is 6.42 Å². The van der Waals surface area contributed by atoms with Gasteiger partial charge in [-0.05, 0) is 30.7 Å². The molecule has 0 saturated heterocycles. The van der Waals surface area contributed by atoms with Crippen molar-refractivity contribution in [3.63, 3.8) is 0 Å². The molecule has 0 spiro atoms. The highest BCUT2D eigenvalue weighted by Crippen LogP contribution is 2.16. The third-order valence-corrected chi connectivity index (χ3v) is 4.51. The lowest BCUT2D eigenvalue weighted by molar-refractivity contribution is 0.0960. The number of rotatable bonds is 8. The molecule has 0 bridgehead atoms. The molecule has 0 aromatic carbocycles. The van der Waals surface area contributed by atoms with E-state index >= 15 is 0 Å². The quantitative estimate of drug-likeness (QED) is 0.714. The van der Waals surface area contributed by atoms with Crippen LogP contribution in [-0.4, -0.2) is 35.7 Å². The maximum Gasteiger partial charge on any atom is 0.261 e. The van der Waals surface area contributed by atoms with Gasteiger partial charge in [-0.3, -0.25) is 4.79 Å². The van der Waals surface area contributed by atoms with Crippen molar-refractivity contribution < 1.29 is 9.90 Å². The average molecular weight is 273 g/mol. The Morgan fingerprint density at radius 1 is 1.47 bits per heavy atom. The number of thiophene rings is 1. The Balaban J connectivity index is 2.16. The normalized spacial score (nSPS) is 10.5. The zero-order valence-electron chi connectivity index (χ0n) is 10.1. The minimum atomic E-state index is 0.0254. The number of carbonyl (C=O) groups excluding carboxylic acids is 1. The molecule has 1 heterocycles. The van der Waals surface area contributed by atoms with Gasteiger partial charge >= 0.3 is 0 Å². The van der Waals surface area contributed by atoms with E-state index in [0.717, 1.165) is 29.2 Å². The lowest BCUT2D eigenvalue weighted by Crippen LogP contribution is -2.24. The highest BCUT2D eigenvalue weighted by Gasteiger charge is 2.07. The van der Waals surface area contributed by atoms with Crippen LogP contribution in [0.5, 0.6) is 0 Å². The molecule has 0 fully saturated rings. The van der Waals surface area contributed by atoms with E-state index in [1.165, 1.54) is 4.88 Å². The molecule has 0 aliphatic carbocycles. The number of thioether (sulfide) groups is 1. The van der Waals surface area contributed by atoms with E-state index in [0.29, 0.717) is 6.54 Å². The molecule has 0 saturated carbocycles. The number of aliphatic hydroxyl groups is 1. The molecule has 2 N–H and O–H groups in total. The highest BCUT2D eigenvalue weighted by molar-refractivity contribution is 7.99. The number of amides is 1. The molecule has 0 unspecified atom stereocenters. The maximum absolute atomic E-state index is 11.7. The van der Waals surface area contributed by atoms with Gasteiger partial charge in [0.15, 0.2) is 0 Å². The van der Waals surface area contributed by atoms with Crippen LogP contribution in [0, 0.1) is 0 Å². The van der Waals surface area contributed by atoms with E-state index in [-0.39, 0.29) is 12.5 Å². The molecular weight excluding hydrogens is 254 g/mol. The third kappa shape index (κ3) is 5.57. The second-order valence-electron chi connectivity index (χ2n) is 3.56. The van der Waals surface area contributed by atoms with Crippen molar-refractivity contribution in [3.05, 3.63) is 21.9 Å². The Morgan fingerprint density at radius 3 is 2.94 bits per heavy atom. The number of nitrogens with one attached hydrogen (secondary N) is 1. The van der Waals surface area contributed by atoms with Gasteiger partial charge in [0.2, 0.25) is 0 Å². The van der Waals surface area contributed by atoms with Crippen LogP contribution in [0.15, 0.2) is 12.1 Å². The van der Waals surface area contributed by atoms with E-state index in [4.69, 9.17) is 5.11 Å². The molecule has 1 aromatic rings. The second kappa shape index (κ2) is 8.55. The summed E-state index contributed by atoms with van der Waals surface area (Å²) in [5, 5.41) is 11.5. The summed E-state index contributed by atoms with van der Waals surface area (Å²) in [4.78, 5) is 13.7. The Kier molecular flexibility index (Phi) is 7.32. The number of hydrogen-bond donors (Lipinski definition) is 2. The van der Waals surface area contributed by atoms with Gasteiger partial charge in [-0.2, -0.15) is 11.8 Å². The summed E-state index contributed by atoms with van der Waals surface area (Å²) in [5.74, 6) is 1.88. The summed E-state index contributed by atoms with van der Waals surface area (Å²) in [7, 11) is 0. The van der Waals surface area contributed by atoms with E-state index < -0.39 is 0 Å². The monoisotopic (exact) mass is 273 g/mol. The van der Waals surface area contributed by atoms with Gasteiger partial charge in [0.05, 0.1) is 4.88 Å². The predicted molar refractivity (Wildman–Crippen MR) is 75.1 cm³/mol. The van der Waals surface area contributed by atoms with Gasteiger partial charge < -0.3 is 10.4 Å². The van der Waals surface area contributed by atoms with Gasteiger partial charge in [-0.15, -0.1) is 11.3 Å². The first-order valence-corrected chi connectivity index (χ1v) is 7.80.